The highest BCUT2D eigenvalue weighted by Gasteiger charge is 2.32. The lowest BCUT2D eigenvalue weighted by atomic mass is 9.99. The molecule has 142 valence electrons. The Balaban J connectivity index is 0.00000210. The number of alkyl halides is 1. The number of quaternary nitrogens is 1. The van der Waals surface area contributed by atoms with E-state index in [1.54, 1.807) is 6.07 Å². The van der Waals surface area contributed by atoms with Crippen molar-refractivity contribution in [3.63, 3.8) is 0 Å². The van der Waals surface area contributed by atoms with Crippen LogP contribution in [0.2, 0.25) is 0 Å². The van der Waals surface area contributed by atoms with E-state index in [2.05, 4.69) is 5.32 Å². The van der Waals surface area contributed by atoms with Crippen molar-refractivity contribution < 1.29 is 36.4 Å². The highest BCUT2D eigenvalue weighted by atomic mass is 35.5. The number of esters is 1. The quantitative estimate of drug-likeness (QED) is 0.376. The molecule has 0 bridgehead atoms. The molecule has 3 aromatic rings. The van der Waals surface area contributed by atoms with Crippen LogP contribution in [0.15, 0.2) is 46.9 Å². The highest BCUT2D eigenvalue weighted by molar-refractivity contribution is 6.18. The third-order valence-corrected chi connectivity index (χ3v) is 5.06. The monoisotopic (exact) mass is 407 g/mol. The fourth-order valence-electron chi connectivity index (χ4n) is 3.41. The molecule has 5 nitrogen and oxygen atoms in total. The molecule has 0 aliphatic carbocycles. The third-order valence-electron chi connectivity index (χ3n) is 4.68. The van der Waals surface area contributed by atoms with Crippen LogP contribution >= 0.6 is 11.6 Å². The number of nitrogens with two attached hydrogens (primary N) is 1. The molecule has 1 aliphatic heterocycles. The van der Waals surface area contributed by atoms with Gasteiger partial charge in [-0.05, 0) is 5.56 Å². The number of hydrogen-bond donors (Lipinski definition) is 1. The lowest BCUT2D eigenvalue weighted by Gasteiger charge is -2.09. The van der Waals surface area contributed by atoms with E-state index >= 15 is 0 Å². The van der Waals surface area contributed by atoms with Gasteiger partial charge in [0.05, 0.1) is 19.6 Å². The maximum atomic E-state index is 11.9. The number of fused-ring (bicyclic) bond motifs is 3. The normalized spacial score (nSPS) is 15.3. The van der Waals surface area contributed by atoms with E-state index in [1.807, 2.05) is 36.4 Å². The number of benzene rings is 2. The molecule has 1 aromatic heterocycles. The van der Waals surface area contributed by atoms with Gasteiger partial charge in [-0.1, -0.05) is 30.3 Å². The van der Waals surface area contributed by atoms with E-state index in [9.17, 15) is 4.79 Å². The van der Waals surface area contributed by atoms with Gasteiger partial charge in [-0.3, -0.25) is 0 Å². The van der Waals surface area contributed by atoms with E-state index in [1.165, 1.54) is 7.11 Å². The van der Waals surface area contributed by atoms with Crippen LogP contribution in [-0.2, 0) is 11.3 Å². The molecule has 2 heterocycles. The second-order valence-corrected chi connectivity index (χ2v) is 6.60. The summed E-state index contributed by atoms with van der Waals surface area (Å²) in [6, 6.07) is 13.6. The minimum Gasteiger partial charge on any atom is -1.00 e. The van der Waals surface area contributed by atoms with Crippen molar-refractivity contribution in [1.82, 2.24) is 0 Å². The van der Waals surface area contributed by atoms with Crippen LogP contribution in [0.5, 0.6) is 5.75 Å². The first kappa shape index (κ1) is 19.5. The van der Waals surface area contributed by atoms with Crippen LogP contribution in [0.25, 0.3) is 11.0 Å². The molecule has 0 saturated carbocycles. The van der Waals surface area contributed by atoms with Crippen molar-refractivity contribution >= 4 is 34.2 Å². The fraction of sp³-hybridized carbons (Fsp3) is 0.250. The molecule has 2 N–H and O–H groups in total. The van der Waals surface area contributed by atoms with Crippen LogP contribution in [0, 0.1) is 0 Å². The summed E-state index contributed by atoms with van der Waals surface area (Å²) in [5.41, 5.74) is 3.82. The molecular weight excluding hydrogens is 389 g/mol. The minimum absolute atomic E-state index is 0. The van der Waals surface area contributed by atoms with E-state index in [-0.39, 0.29) is 24.1 Å². The van der Waals surface area contributed by atoms with Crippen LogP contribution in [0.4, 0.5) is 5.69 Å². The van der Waals surface area contributed by atoms with Gasteiger partial charge in [0.25, 0.3) is 0 Å². The van der Waals surface area contributed by atoms with Gasteiger partial charge in [0.15, 0.2) is 11.3 Å². The smallest absolute Gasteiger partial charge is 0.373 e. The molecule has 7 heteroatoms. The topological polar surface area (TPSA) is 65.3 Å². The van der Waals surface area contributed by atoms with Gasteiger partial charge in [-0.15, -0.1) is 11.6 Å². The number of carbonyl (C=O) groups excluding carboxylic acids is 1. The lowest BCUT2D eigenvalue weighted by molar-refractivity contribution is -0.563. The summed E-state index contributed by atoms with van der Waals surface area (Å²) in [7, 11) is 1.34. The predicted molar refractivity (Wildman–Crippen MR) is 98.2 cm³/mol. The summed E-state index contributed by atoms with van der Waals surface area (Å²) in [5, 5.41) is 3.02. The summed E-state index contributed by atoms with van der Waals surface area (Å²) in [5.74, 6) is 1.00. The summed E-state index contributed by atoms with van der Waals surface area (Å²) in [4.78, 5) is 11.9. The average molecular weight is 408 g/mol. The molecule has 1 atom stereocenters. The van der Waals surface area contributed by atoms with Crippen molar-refractivity contribution in [2.45, 2.75) is 12.5 Å². The number of carbonyl (C=O) groups is 1. The molecule has 27 heavy (non-hydrogen) atoms. The summed E-state index contributed by atoms with van der Waals surface area (Å²) < 4.78 is 16.6. The number of methoxy groups -OCH3 is 1. The Labute approximate surface area is 168 Å². The third kappa shape index (κ3) is 3.63. The highest BCUT2D eigenvalue weighted by Crippen LogP contribution is 2.41. The predicted octanol–water partition coefficient (Wildman–Crippen LogP) is 0.333. The first-order valence-electron chi connectivity index (χ1n) is 8.46. The van der Waals surface area contributed by atoms with Crippen LogP contribution in [0.3, 0.4) is 0 Å². The van der Waals surface area contributed by atoms with E-state index in [0.717, 1.165) is 28.7 Å². The number of hydrogen-bond acceptors (Lipinski definition) is 4. The van der Waals surface area contributed by atoms with Gasteiger partial charge < -0.3 is 31.6 Å². The standard InChI is InChI=1S/C20H18ClNO4.ClH/c1-24-20(23)17-7-14-18-13(9-21)10-22-15(18)8-16(19(14)26-17)25-11-12-5-3-2-4-6-12;/h2-8,13,22H,9-11H2,1H3;1H/t13-;/m1./s1. The van der Waals surface area contributed by atoms with Crippen molar-refractivity contribution in [3.05, 3.63) is 59.4 Å². The minimum atomic E-state index is -0.506. The molecule has 0 amide bonds. The molecule has 4 rings (SSSR count). The maximum absolute atomic E-state index is 11.9. The summed E-state index contributed by atoms with van der Waals surface area (Å²) >= 11 is 6.14. The largest absolute Gasteiger partial charge is 1.00 e. The lowest BCUT2D eigenvalue weighted by Crippen LogP contribution is -3.00. The first-order chi connectivity index (χ1) is 12.7. The number of ether oxygens (including phenoxy) is 2. The van der Waals surface area contributed by atoms with Crippen LogP contribution < -0.4 is 22.5 Å². The number of furan rings is 1. The van der Waals surface area contributed by atoms with Crippen molar-refractivity contribution in [2.75, 3.05) is 19.5 Å². The average Bonchev–Trinajstić information content (AvgIpc) is 3.30. The zero-order valence-corrected chi connectivity index (χ0v) is 16.2. The Morgan fingerprint density at radius 1 is 1.30 bits per heavy atom. The maximum Gasteiger partial charge on any atom is 0.373 e. The second kappa shape index (κ2) is 8.21. The SMILES string of the molecule is COC(=O)c1cc2c3c(cc(OCc4ccccc4)c2o1)[NH2+]C[C@H]3CCl.[Cl-]. The summed E-state index contributed by atoms with van der Waals surface area (Å²) in [6.07, 6.45) is 0. The molecule has 0 spiro atoms. The molecule has 2 aromatic carbocycles. The Morgan fingerprint density at radius 3 is 2.78 bits per heavy atom. The van der Waals surface area contributed by atoms with Crippen molar-refractivity contribution in [3.8, 4) is 5.75 Å². The molecular formula is C20H19Cl2NO4. The van der Waals surface area contributed by atoms with Gasteiger partial charge in [0, 0.05) is 29.0 Å². The molecule has 0 saturated heterocycles. The molecule has 0 radical (unpaired) electrons. The van der Waals surface area contributed by atoms with Crippen molar-refractivity contribution in [1.29, 1.82) is 0 Å². The molecule has 1 aliphatic rings. The Bertz CT molecular complexity index is 956. The summed E-state index contributed by atoms with van der Waals surface area (Å²) in [6.45, 7) is 1.29. The fourth-order valence-corrected chi connectivity index (χ4v) is 3.69. The van der Waals surface area contributed by atoms with Crippen LogP contribution in [-0.4, -0.2) is 25.5 Å². The Morgan fingerprint density at radius 2 is 2.07 bits per heavy atom. The van der Waals surface area contributed by atoms with Crippen LogP contribution in [0.1, 0.15) is 27.6 Å². The van der Waals surface area contributed by atoms with Gasteiger partial charge in [-0.25, -0.2) is 4.79 Å². The van der Waals surface area contributed by atoms with Gasteiger partial charge in [0.2, 0.25) is 5.76 Å². The van der Waals surface area contributed by atoms with E-state index in [4.69, 9.17) is 25.5 Å². The zero-order chi connectivity index (χ0) is 18.1. The number of halogens is 2. The van der Waals surface area contributed by atoms with E-state index in [0.29, 0.717) is 23.8 Å². The Kier molecular flexibility index (Phi) is 5.95. The molecule has 0 unspecified atom stereocenters. The van der Waals surface area contributed by atoms with Crippen molar-refractivity contribution in [2.24, 2.45) is 0 Å². The number of rotatable bonds is 5. The van der Waals surface area contributed by atoms with E-state index < -0.39 is 5.97 Å². The zero-order valence-electron chi connectivity index (χ0n) is 14.7. The first-order valence-corrected chi connectivity index (χ1v) is 8.99. The second-order valence-electron chi connectivity index (χ2n) is 6.29. The Hall–Kier alpha value is -2.21. The van der Waals surface area contributed by atoms with Gasteiger partial charge >= 0.3 is 5.97 Å². The van der Waals surface area contributed by atoms with Gasteiger partial charge in [0.1, 0.15) is 12.3 Å². The molecule has 0 fully saturated rings. The van der Waals surface area contributed by atoms with Gasteiger partial charge in [-0.2, -0.15) is 0 Å².